The zero-order chi connectivity index (χ0) is 24.7. The van der Waals surface area contributed by atoms with Crippen molar-refractivity contribution in [3.8, 4) is 0 Å². The third-order valence-electron chi connectivity index (χ3n) is 5.85. The molecule has 0 saturated heterocycles. The minimum absolute atomic E-state index is 0.0143. The first-order chi connectivity index (χ1) is 16.3. The van der Waals surface area contributed by atoms with Crippen LogP contribution in [0.25, 0.3) is 11.0 Å². The van der Waals surface area contributed by atoms with Gasteiger partial charge < -0.3 is 14.2 Å². The molecule has 9 nitrogen and oxygen atoms in total. The molecule has 10 heteroatoms. The maximum Gasteiger partial charge on any atom is 0.243 e. The summed E-state index contributed by atoms with van der Waals surface area (Å²) < 4.78 is 34.3. The van der Waals surface area contributed by atoms with E-state index in [1.54, 1.807) is 36.4 Å². The second-order valence-corrected chi connectivity index (χ2v) is 9.89. The van der Waals surface area contributed by atoms with Crippen molar-refractivity contribution in [2.24, 2.45) is 7.05 Å². The van der Waals surface area contributed by atoms with Crippen LogP contribution in [-0.2, 0) is 39.6 Å². The Morgan fingerprint density at radius 3 is 2.56 bits per heavy atom. The van der Waals surface area contributed by atoms with Gasteiger partial charge >= 0.3 is 0 Å². The topological polar surface area (TPSA) is 97.6 Å². The van der Waals surface area contributed by atoms with Crippen molar-refractivity contribution in [3.63, 3.8) is 0 Å². The summed E-state index contributed by atoms with van der Waals surface area (Å²) in [5.74, 6) is 0.713. The van der Waals surface area contributed by atoms with Crippen LogP contribution >= 0.6 is 0 Å². The van der Waals surface area contributed by atoms with E-state index in [2.05, 4.69) is 9.97 Å². The highest BCUT2D eigenvalue weighted by atomic mass is 32.2. The van der Waals surface area contributed by atoms with Crippen molar-refractivity contribution >= 4 is 27.0 Å². The number of hydrogen-bond donors (Lipinski definition) is 0. The van der Waals surface area contributed by atoms with E-state index in [-0.39, 0.29) is 17.2 Å². The van der Waals surface area contributed by atoms with E-state index >= 15 is 0 Å². The first kappa shape index (κ1) is 25.8. The van der Waals surface area contributed by atoms with Crippen molar-refractivity contribution in [1.82, 2.24) is 23.7 Å². The number of pyridine rings is 1. The van der Waals surface area contributed by atoms with E-state index in [0.29, 0.717) is 44.7 Å². The number of aryl methyl sites for hydroxylation is 2. The molecule has 0 radical (unpaired) electrons. The molecule has 2 aromatic heterocycles. The molecule has 3 aromatic rings. The molecule has 0 fully saturated rings. The van der Waals surface area contributed by atoms with Gasteiger partial charge in [0.05, 0.1) is 34.8 Å². The van der Waals surface area contributed by atoms with Crippen LogP contribution in [-0.4, -0.2) is 71.4 Å². The van der Waals surface area contributed by atoms with E-state index in [9.17, 15) is 13.2 Å². The summed E-state index contributed by atoms with van der Waals surface area (Å²) >= 11 is 0. The summed E-state index contributed by atoms with van der Waals surface area (Å²) in [5, 5.41) is 0. The van der Waals surface area contributed by atoms with Crippen LogP contribution < -0.4 is 0 Å². The number of benzene rings is 1. The summed E-state index contributed by atoms with van der Waals surface area (Å²) in [4.78, 5) is 23.9. The van der Waals surface area contributed by atoms with Crippen molar-refractivity contribution in [3.05, 3.63) is 54.1 Å². The van der Waals surface area contributed by atoms with Crippen LogP contribution in [0.1, 0.15) is 31.8 Å². The lowest BCUT2D eigenvalue weighted by Crippen LogP contribution is -2.34. The summed E-state index contributed by atoms with van der Waals surface area (Å²) in [6.45, 7) is 5.78. The lowest BCUT2D eigenvalue weighted by atomic mass is 10.2. The number of amides is 1. The van der Waals surface area contributed by atoms with Crippen LogP contribution in [0.15, 0.2) is 47.5 Å². The largest absolute Gasteiger partial charge is 0.383 e. The van der Waals surface area contributed by atoms with Gasteiger partial charge in [0.1, 0.15) is 5.82 Å². The Balaban J connectivity index is 1.77. The molecule has 0 unspecified atom stereocenters. The molecule has 3 rings (SSSR count). The molecule has 0 spiro atoms. The fraction of sp³-hybridized carbons (Fsp3) is 0.458. The van der Waals surface area contributed by atoms with Crippen molar-refractivity contribution in [2.75, 3.05) is 33.4 Å². The zero-order valence-electron chi connectivity index (χ0n) is 20.3. The second-order valence-electron chi connectivity index (χ2n) is 7.96. The average molecular weight is 488 g/mol. The molecule has 1 aromatic carbocycles. The van der Waals surface area contributed by atoms with Crippen LogP contribution in [0.3, 0.4) is 0 Å². The summed E-state index contributed by atoms with van der Waals surface area (Å²) in [6.07, 6.45) is 2.43. The van der Waals surface area contributed by atoms with Crippen LogP contribution in [0.2, 0.25) is 0 Å². The van der Waals surface area contributed by atoms with E-state index in [1.807, 2.05) is 43.7 Å². The maximum atomic E-state index is 13.0. The van der Waals surface area contributed by atoms with Crippen LogP contribution in [0.4, 0.5) is 0 Å². The molecule has 0 saturated carbocycles. The van der Waals surface area contributed by atoms with Gasteiger partial charge in [-0.25, -0.2) is 13.4 Å². The number of imidazole rings is 1. The van der Waals surface area contributed by atoms with Gasteiger partial charge in [-0.2, -0.15) is 4.31 Å². The van der Waals surface area contributed by atoms with Gasteiger partial charge in [-0.05, 0) is 30.3 Å². The number of nitrogens with zero attached hydrogens (tertiary/aromatic N) is 5. The molecule has 34 heavy (non-hydrogen) atoms. The Morgan fingerprint density at radius 2 is 1.91 bits per heavy atom. The normalized spacial score (nSPS) is 11.9. The average Bonchev–Trinajstić information content (AvgIpc) is 3.16. The summed E-state index contributed by atoms with van der Waals surface area (Å²) in [5.41, 5.74) is 2.24. The first-order valence-electron chi connectivity index (χ1n) is 11.4. The molecule has 0 aliphatic carbocycles. The zero-order valence-corrected chi connectivity index (χ0v) is 21.1. The lowest BCUT2D eigenvalue weighted by molar-refractivity contribution is -0.132. The fourth-order valence-corrected chi connectivity index (χ4v) is 5.36. The Morgan fingerprint density at radius 1 is 1.15 bits per heavy atom. The van der Waals surface area contributed by atoms with Crippen molar-refractivity contribution in [1.29, 1.82) is 0 Å². The molecular weight excluding hydrogens is 454 g/mol. The predicted octanol–water partition coefficient (Wildman–Crippen LogP) is 2.61. The molecular formula is C24H33N5O4S. The number of hydrogen-bond acceptors (Lipinski definition) is 6. The van der Waals surface area contributed by atoms with E-state index in [4.69, 9.17) is 4.74 Å². The summed E-state index contributed by atoms with van der Waals surface area (Å²) in [6, 6.07) is 10.6. The van der Waals surface area contributed by atoms with Gasteiger partial charge in [0.15, 0.2) is 0 Å². The smallest absolute Gasteiger partial charge is 0.243 e. The number of aromatic nitrogens is 3. The summed E-state index contributed by atoms with van der Waals surface area (Å²) in [7, 11) is -0.0784. The number of rotatable bonds is 12. The van der Waals surface area contributed by atoms with Gasteiger partial charge in [-0.1, -0.05) is 19.9 Å². The fourth-order valence-electron chi connectivity index (χ4n) is 3.88. The Labute approximate surface area is 201 Å². The highest BCUT2D eigenvalue weighted by Crippen LogP contribution is 2.23. The van der Waals surface area contributed by atoms with E-state index in [0.717, 1.165) is 17.0 Å². The molecule has 0 aliphatic heterocycles. The van der Waals surface area contributed by atoms with E-state index in [1.165, 1.54) is 4.31 Å². The van der Waals surface area contributed by atoms with Gasteiger partial charge in [-0.3, -0.25) is 9.78 Å². The first-order valence-corrected chi connectivity index (χ1v) is 12.9. The van der Waals surface area contributed by atoms with Gasteiger partial charge in [0.25, 0.3) is 0 Å². The Kier molecular flexibility index (Phi) is 8.76. The SMILES string of the molecule is CCN(CC)S(=O)(=O)c1ccc2c(c1)nc(CCC(=O)N(CCOC)Cc1ccccn1)n2C. The molecule has 0 aliphatic rings. The Hall–Kier alpha value is -2.82. The van der Waals surface area contributed by atoms with Crippen molar-refractivity contribution < 1.29 is 17.9 Å². The molecule has 184 valence electrons. The number of ether oxygens (including phenoxy) is 1. The van der Waals surface area contributed by atoms with Crippen molar-refractivity contribution in [2.45, 2.75) is 38.1 Å². The standard InChI is InChI=1S/C24H33N5O4S/c1-5-29(6-2)34(31,32)20-10-11-22-21(17-20)26-23(27(22)3)12-13-24(30)28(15-16-33-4)18-19-9-7-8-14-25-19/h7-11,14,17H,5-6,12-13,15-16,18H2,1-4H3. The third-order valence-corrected chi connectivity index (χ3v) is 7.89. The third kappa shape index (κ3) is 5.81. The van der Waals surface area contributed by atoms with Gasteiger partial charge in [0.2, 0.25) is 15.9 Å². The number of fused-ring (bicyclic) bond motifs is 1. The lowest BCUT2D eigenvalue weighted by Gasteiger charge is -2.22. The van der Waals surface area contributed by atoms with Crippen LogP contribution in [0.5, 0.6) is 0 Å². The molecule has 1 amide bonds. The number of carbonyl (C=O) groups is 1. The monoisotopic (exact) mass is 487 g/mol. The minimum atomic E-state index is -3.57. The highest BCUT2D eigenvalue weighted by Gasteiger charge is 2.23. The molecule has 0 atom stereocenters. The minimum Gasteiger partial charge on any atom is -0.383 e. The molecule has 2 heterocycles. The van der Waals surface area contributed by atoms with Crippen LogP contribution in [0, 0.1) is 0 Å². The second kappa shape index (κ2) is 11.5. The van der Waals surface area contributed by atoms with Gasteiger partial charge in [-0.15, -0.1) is 0 Å². The predicted molar refractivity (Wildman–Crippen MR) is 131 cm³/mol. The molecule has 0 N–H and O–H groups in total. The molecule has 0 bridgehead atoms. The van der Waals surface area contributed by atoms with E-state index < -0.39 is 10.0 Å². The quantitative estimate of drug-likeness (QED) is 0.390. The number of sulfonamides is 1. The Bertz CT molecular complexity index is 1210. The van der Waals surface area contributed by atoms with Gasteiger partial charge in [0, 0.05) is 52.8 Å². The number of methoxy groups -OCH3 is 1. The maximum absolute atomic E-state index is 13.0. The number of carbonyl (C=O) groups excluding carboxylic acids is 1. The highest BCUT2D eigenvalue weighted by molar-refractivity contribution is 7.89.